The molecule has 0 aromatic heterocycles. The van der Waals surface area contributed by atoms with Gasteiger partial charge in [-0.1, -0.05) is 30.3 Å². The summed E-state index contributed by atoms with van der Waals surface area (Å²) in [6, 6.07) is 14.9. The summed E-state index contributed by atoms with van der Waals surface area (Å²) >= 11 is 1.73. The molecule has 0 bridgehead atoms. The average Bonchev–Trinajstić information content (AvgIpc) is 2.77. The summed E-state index contributed by atoms with van der Waals surface area (Å²) in [5, 5.41) is 0. The molecular formula is C24H28N2O2S. The van der Waals surface area contributed by atoms with Gasteiger partial charge in [-0.05, 0) is 69.0 Å². The first-order valence-electron chi connectivity index (χ1n) is 10.8. The number of hydrogen-bond donors (Lipinski definition) is 0. The third kappa shape index (κ3) is 3.55. The van der Waals surface area contributed by atoms with Gasteiger partial charge in [0.2, 0.25) is 5.91 Å². The highest BCUT2D eigenvalue weighted by Crippen LogP contribution is 2.49. The third-order valence-electron chi connectivity index (χ3n) is 6.65. The van der Waals surface area contributed by atoms with Crippen molar-refractivity contribution in [1.29, 1.82) is 0 Å². The number of anilines is 2. The highest BCUT2D eigenvalue weighted by Gasteiger charge is 2.36. The molecule has 0 spiro atoms. The van der Waals surface area contributed by atoms with Gasteiger partial charge in [0.05, 0.1) is 18.5 Å². The molecule has 1 amide bonds. The molecule has 29 heavy (non-hydrogen) atoms. The maximum atomic E-state index is 13.7. The van der Waals surface area contributed by atoms with Crippen LogP contribution < -0.4 is 9.64 Å². The molecule has 0 aliphatic carbocycles. The van der Waals surface area contributed by atoms with E-state index >= 15 is 0 Å². The molecule has 0 N–H and O–H groups in total. The Labute approximate surface area is 177 Å². The van der Waals surface area contributed by atoms with Gasteiger partial charge in [0.15, 0.2) is 0 Å². The van der Waals surface area contributed by atoms with Crippen LogP contribution in [-0.4, -0.2) is 37.0 Å². The lowest BCUT2D eigenvalue weighted by atomic mass is 9.81. The van der Waals surface area contributed by atoms with Crippen LogP contribution in [0.1, 0.15) is 38.5 Å². The second-order valence-electron chi connectivity index (χ2n) is 8.34. The molecule has 2 atom stereocenters. The van der Waals surface area contributed by atoms with Crippen molar-refractivity contribution < 1.29 is 9.53 Å². The van der Waals surface area contributed by atoms with Crippen molar-refractivity contribution in [3.8, 4) is 5.75 Å². The molecule has 4 nitrogen and oxygen atoms in total. The molecule has 0 radical (unpaired) electrons. The van der Waals surface area contributed by atoms with E-state index in [4.69, 9.17) is 4.74 Å². The van der Waals surface area contributed by atoms with Crippen LogP contribution in [0.4, 0.5) is 11.4 Å². The summed E-state index contributed by atoms with van der Waals surface area (Å²) in [7, 11) is 1.68. The molecule has 2 aromatic rings. The Hall–Kier alpha value is -1.98. The summed E-state index contributed by atoms with van der Waals surface area (Å²) in [5.74, 6) is 1.47. The Morgan fingerprint density at radius 3 is 2.76 bits per heavy atom. The minimum Gasteiger partial charge on any atom is -0.497 e. The van der Waals surface area contributed by atoms with E-state index in [9.17, 15) is 4.79 Å². The summed E-state index contributed by atoms with van der Waals surface area (Å²) in [4.78, 5) is 20.6. The predicted molar refractivity (Wildman–Crippen MR) is 117 cm³/mol. The first-order chi connectivity index (χ1) is 14.2. The van der Waals surface area contributed by atoms with Gasteiger partial charge in [0, 0.05) is 28.3 Å². The Morgan fingerprint density at radius 2 is 1.86 bits per heavy atom. The van der Waals surface area contributed by atoms with Gasteiger partial charge < -0.3 is 9.64 Å². The van der Waals surface area contributed by atoms with Crippen LogP contribution in [0.15, 0.2) is 52.3 Å². The summed E-state index contributed by atoms with van der Waals surface area (Å²) in [6.07, 6.45) is 6.86. The number of amides is 1. The molecule has 3 heterocycles. The topological polar surface area (TPSA) is 32.8 Å². The predicted octanol–water partition coefficient (Wildman–Crippen LogP) is 5.48. The van der Waals surface area contributed by atoms with Crippen molar-refractivity contribution in [2.45, 2.75) is 54.4 Å². The normalized spacial score (nSPS) is 23.7. The maximum absolute atomic E-state index is 13.7. The fourth-order valence-corrected chi connectivity index (χ4v) is 6.30. The van der Waals surface area contributed by atoms with Gasteiger partial charge in [0.1, 0.15) is 5.75 Å². The zero-order valence-electron chi connectivity index (χ0n) is 17.0. The first kappa shape index (κ1) is 19.0. The number of rotatable bonds is 3. The number of nitrogens with zero attached hydrogens (tertiary/aromatic N) is 2. The van der Waals surface area contributed by atoms with Crippen molar-refractivity contribution in [1.82, 2.24) is 4.90 Å². The van der Waals surface area contributed by atoms with Crippen LogP contribution in [0, 0.1) is 5.92 Å². The number of para-hydroxylation sites is 1. The van der Waals surface area contributed by atoms with Gasteiger partial charge >= 0.3 is 0 Å². The number of piperidine rings is 2. The molecule has 3 aliphatic rings. The van der Waals surface area contributed by atoms with Crippen LogP contribution in [0.25, 0.3) is 0 Å². The Kier molecular flexibility index (Phi) is 5.27. The second kappa shape index (κ2) is 8.04. The van der Waals surface area contributed by atoms with Crippen LogP contribution in [-0.2, 0) is 4.79 Å². The van der Waals surface area contributed by atoms with Crippen LogP contribution in [0.2, 0.25) is 0 Å². The minimum atomic E-state index is 0.213. The van der Waals surface area contributed by atoms with Gasteiger partial charge in [-0.2, -0.15) is 0 Å². The number of ether oxygens (including phenoxy) is 1. The first-order valence-corrected chi connectivity index (χ1v) is 11.6. The van der Waals surface area contributed by atoms with Crippen molar-refractivity contribution >= 4 is 29.0 Å². The number of hydrogen-bond acceptors (Lipinski definition) is 4. The van der Waals surface area contributed by atoms with E-state index in [0.717, 1.165) is 26.9 Å². The summed E-state index contributed by atoms with van der Waals surface area (Å²) in [6.45, 7) is 2.41. The molecule has 2 fully saturated rings. The molecule has 2 saturated heterocycles. The monoisotopic (exact) mass is 408 g/mol. The largest absolute Gasteiger partial charge is 0.497 e. The standard InChI is InChI=1S/C24H28N2O2S/c1-28-18-11-12-23-21(16-18)26(20-9-2-3-10-22(20)29-23)24(27)15-17-7-6-14-25-13-5-4-8-19(17)25/h2-3,9-12,16-17,19H,4-8,13-15H2,1H3. The molecule has 152 valence electrons. The molecule has 5 heteroatoms. The Bertz CT molecular complexity index is 914. The number of methoxy groups -OCH3 is 1. The van der Waals surface area contributed by atoms with E-state index < -0.39 is 0 Å². The molecule has 3 aliphatic heterocycles. The highest BCUT2D eigenvalue weighted by atomic mass is 32.2. The zero-order chi connectivity index (χ0) is 19.8. The number of carbonyl (C=O) groups excluding carboxylic acids is 1. The van der Waals surface area contributed by atoms with Gasteiger partial charge in [-0.3, -0.25) is 9.69 Å². The summed E-state index contributed by atoms with van der Waals surface area (Å²) < 4.78 is 5.46. The number of carbonyl (C=O) groups is 1. The van der Waals surface area contributed by atoms with Crippen LogP contribution >= 0.6 is 11.8 Å². The quantitative estimate of drug-likeness (QED) is 0.673. The molecular weight excluding hydrogens is 380 g/mol. The minimum absolute atomic E-state index is 0.213. The average molecular weight is 409 g/mol. The van der Waals surface area contributed by atoms with E-state index in [1.807, 2.05) is 29.2 Å². The summed E-state index contributed by atoms with van der Waals surface area (Å²) in [5.41, 5.74) is 1.95. The van der Waals surface area contributed by atoms with Crippen LogP contribution in [0.3, 0.4) is 0 Å². The second-order valence-corrected chi connectivity index (χ2v) is 9.42. The maximum Gasteiger partial charge on any atom is 0.231 e. The van der Waals surface area contributed by atoms with Gasteiger partial charge in [-0.25, -0.2) is 0 Å². The van der Waals surface area contributed by atoms with Crippen molar-refractivity contribution in [2.24, 2.45) is 5.92 Å². The third-order valence-corrected chi connectivity index (χ3v) is 7.78. The number of fused-ring (bicyclic) bond motifs is 3. The Balaban J connectivity index is 1.47. The smallest absolute Gasteiger partial charge is 0.231 e. The number of benzene rings is 2. The van der Waals surface area contributed by atoms with E-state index in [2.05, 4.69) is 23.1 Å². The van der Waals surface area contributed by atoms with E-state index in [-0.39, 0.29) is 5.91 Å². The fourth-order valence-electron chi connectivity index (χ4n) is 5.26. The lowest BCUT2D eigenvalue weighted by molar-refractivity contribution is -0.120. The van der Waals surface area contributed by atoms with E-state index in [1.54, 1.807) is 18.9 Å². The molecule has 5 rings (SSSR count). The zero-order valence-corrected chi connectivity index (χ0v) is 17.8. The lowest BCUT2D eigenvalue weighted by Gasteiger charge is -2.44. The molecule has 2 unspecified atom stereocenters. The van der Waals surface area contributed by atoms with Crippen LogP contribution in [0.5, 0.6) is 5.75 Å². The SMILES string of the molecule is COc1ccc2c(c1)N(C(=O)CC1CCCN3CCCCC13)c1ccccc1S2. The van der Waals surface area contributed by atoms with Crippen molar-refractivity contribution in [3.05, 3.63) is 42.5 Å². The van der Waals surface area contributed by atoms with Crippen molar-refractivity contribution in [2.75, 3.05) is 25.1 Å². The van der Waals surface area contributed by atoms with Crippen molar-refractivity contribution in [3.63, 3.8) is 0 Å². The van der Waals surface area contributed by atoms with E-state index in [1.165, 1.54) is 45.2 Å². The Morgan fingerprint density at radius 1 is 1.03 bits per heavy atom. The van der Waals surface area contributed by atoms with E-state index in [0.29, 0.717) is 18.4 Å². The fraction of sp³-hybridized carbons (Fsp3) is 0.458. The lowest BCUT2D eigenvalue weighted by Crippen LogP contribution is -2.49. The molecule has 2 aromatic carbocycles. The van der Waals surface area contributed by atoms with Gasteiger partial charge in [-0.15, -0.1) is 0 Å². The molecule has 0 saturated carbocycles. The highest BCUT2D eigenvalue weighted by molar-refractivity contribution is 7.99. The van der Waals surface area contributed by atoms with Gasteiger partial charge in [0.25, 0.3) is 0 Å².